The summed E-state index contributed by atoms with van der Waals surface area (Å²) in [5.74, 6) is 0. The molecule has 1 fully saturated rings. The van der Waals surface area contributed by atoms with Crippen molar-refractivity contribution in [1.82, 2.24) is 9.21 Å². The van der Waals surface area contributed by atoms with Crippen LogP contribution in [0.4, 0.5) is 0 Å². The SMILES string of the molecule is C=C(/C(C=O)=C\C(=C)S(=O)(=O)N(C)C)N1CCOCC1. The third-order valence-electron chi connectivity index (χ3n) is 2.98. The van der Waals surface area contributed by atoms with E-state index in [1.165, 1.54) is 20.2 Å². The quantitative estimate of drug-likeness (QED) is 0.402. The topological polar surface area (TPSA) is 66.9 Å². The number of hydrogen-bond donors (Lipinski definition) is 0. The summed E-state index contributed by atoms with van der Waals surface area (Å²) in [6.45, 7) is 9.72. The van der Waals surface area contributed by atoms with Crippen LogP contribution in [-0.4, -0.2) is 64.3 Å². The molecule has 0 atom stereocenters. The van der Waals surface area contributed by atoms with Gasteiger partial charge in [-0.25, -0.2) is 12.7 Å². The smallest absolute Gasteiger partial charge is 0.241 e. The predicted octanol–water partition coefficient (Wildman–Crippen LogP) is 0.363. The summed E-state index contributed by atoms with van der Waals surface area (Å²) < 4.78 is 30.0. The van der Waals surface area contributed by atoms with Gasteiger partial charge in [0, 0.05) is 38.5 Å². The molecule has 0 spiro atoms. The molecule has 0 aromatic carbocycles. The van der Waals surface area contributed by atoms with E-state index in [2.05, 4.69) is 13.2 Å². The number of allylic oxidation sites excluding steroid dienone is 2. The van der Waals surface area contributed by atoms with E-state index < -0.39 is 10.0 Å². The second kappa shape index (κ2) is 6.83. The fourth-order valence-electron chi connectivity index (χ4n) is 1.68. The first-order valence-corrected chi connectivity index (χ1v) is 7.55. The number of carbonyl (C=O) groups is 1. The Bertz CT molecular complexity index is 529. The molecule has 1 aliphatic heterocycles. The highest BCUT2D eigenvalue weighted by atomic mass is 32.2. The van der Waals surface area contributed by atoms with Crippen molar-refractivity contribution in [2.75, 3.05) is 40.4 Å². The normalized spacial score (nSPS) is 17.1. The minimum atomic E-state index is -3.63. The van der Waals surface area contributed by atoms with Crippen LogP contribution in [0.15, 0.2) is 35.4 Å². The molecule has 1 saturated heterocycles. The van der Waals surface area contributed by atoms with Crippen LogP contribution in [0.25, 0.3) is 0 Å². The molecule has 0 bridgehead atoms. The zero-order chi connectivity index (χ0) is 15.3. The molecular formula is C13H20N2O4S. The summed E-state index contributed by atoms with van der Waals surface area (Å²) in [6, 6.07) is 0. The number of aldehydes is 1. The number of rotatable bonds is 6. The van der Waals surface area contributed by atoms with Crippen LogP contribution < -0.4 is 0 Å². The molecule has 112 valence electrons. The molecule has 0 aromatic rings. The van der Waals surface area contributed by atoms with Crippen LogP contribution in [0.3, 0.4) is 0 Å². The molecule has 20 heavy (non-hydrogen) atoms. The molecule has 0 N–H and O–H groups in total. The molecule has 0 unspecified atom stereocenters. The minimum Gasteiger partial charge on any atom is -0.378 e. The largest absolute Gasteiger partial charge is 0.378 e. The van der Waals surface area contributed by atoms with Crippen molar-refractivity contribution >= 4 is 16.3 Å². The number of ether oxygens (including phenoxy) is 1. The standard InChI is InChI=1S/C13H20N2O4S/c1-11(20(17,18)14(3)4)9-13(10-16)12(2)15-5-7-19-8-6-15/h9-10H,1-2,5-8H2,3-4H3/b13-9-. The van der Waals surface area contributed by atoms with Gasteiger partial charge in [0.05, 0.1) is 18.1 Å². The molecule has 7 heteroatoms. The monoisotopic (exact) mass is 300 g/mol. The number of hydrogen-bond acceptors (Lipinski definition) is 5. The van der Waals surface area contributed by atoms with E-state index >= 15 is 0 Å². The fourth-order valence-corrected chi connectivity index (χ4v) is 2.43. The van der Waals surface area contributed by atoms with Crippen molar-refractivity contribution in [3.05, 3.63) is 35.4 Å². The minimum absolute atomic E-state index is 0.140. The van der Waals surface area contributed by atoms with E-state index in [1.54, 1.807) is 0 Å². The Morgan fingerprint density at radius 1 is 1.25 bits per heavy atom. The first-order valence-electron chi connectivity index (χ1n) is 6.11. The van der Waals surface area contributed by atoms with E-state index in [0.717, 1.165) is 4.31 Å². The zero-order valence-corrected chi connectivity index (χ0v) is 12.6. The van der Waals surface area contributed by atoms with Crippen molar-refractivity contribution in [2.45, 2.75) is 0 Å². The Kier molecular flexibility index (Phi) is 5.67. The third kappa shape index (κ3) is 3.78. The predicted molar refractivity (Wildman–Crippen MR) is 77.4 cm³/mol. The number of carbonyl (C=O) groups excluding carboxylic acids is 1. The van der Waals surface area contributed by atoms with Crippen LogP contribution in [0, 0.1) is 0 Å². The molecule has 1 rings (SSSR count). The van der Waals surface area contributed by atoms with Crippen molar-refractivity contribution in [2.24, 2.45) is 0 Å². The van der Waals surface area contributed by atoms with Gasteiger partial charge in [-0.2, -0.15) is 0 Å². The summed E-state index contributed by atoms with van der Waals surface area (Å²) >= 11 is 0. The van der Waals surface area contributed by atoms with Crippen LogP contribution >= 0.6 is 0 Å². The number of morpholine rings is 1. The first kappa shape index (κ1) is 16.6. The van der Waals surface area contributed by atoms with Crippen LogP contribution in [-0.2, 0) is 19.6 Å². The molecule has 0 amide bonds. The lowest BCUT2D eigenvalue weighted by molar-refractivity contribution is -0.104. The maximum Gasteiger partial charge on any atom is 0.241 e. The van der Waals surface area contributed by atoms with Gasteiger partial charge >= 0.3 is 0 Å². The molecule has 0 radical (unpaired) electrons. The Morgan fingerprint density at radius 3 is 2.25 bits per heavy atom. The van der Waals surface area contributed by atoms with Crippen molar-refractivity contribution in [3.8, 4) is 0 Å². The summed E-state index contributed by atoms with van der Waals surface area (Å²) in [7, 11) is -0.810. The Morgan fingerprint density at radius 2 is 1.80 bits per heavy atom. The van der Waals surface area contributed by atoms with E-state index in [4.69, 9.17) is 4.74 Å². The Balaban J connectivity index is 2.95. The zero-order valence-electron chi connectivity index (χ0n) is 11.8. The van der Waals surface area contributed by atoms with E-state index in [0.29, 0.717) is 38.3 Å². The van der Waals surface area contributed by atoms with Gasteiger partial charge in [-0.05, 0) is 6.08 Å². The highest BCUT2D eigenvalue weighted by Gasteiger charge is 2.20. The van der Waals surface area contributed by atoms with Crippen molar-refractivity contribution < 1.29 is 17.9 Å². The maximum atomic E-state index is 11.9. The lowest BCUT2D eigenvalue weighted by Crippen LogP contribution is -2.36. The third-order valence-corrected chi connectivity index (χ3v) is 4.72. The highest BCUT2D eigenvalue weighted by molar-refractivity contribution is 7.93. The molecule has 0 aromatic heterocycles. The maximum absolute atomic E-state index is 11.9. The summed E-state index contributed by atoms with van der Waals surface area (Å²) in [6.07, 6.45) is 1.84. The molecule has 6 nitrogen and oxygen atoms in total. The molecule has 1 heterocycles. The van der Waals surface area contributed by atoms with Gasteiger partial charge in [-0.15, -0.1) is 0 Å². The molecule has 0 saturated carbocycles. The number of nitrogens with zero attached hydrogens (tertiary/aromatic N) is 2. The summed E-state index contributed by atoms with van der Waals surface area (Å²) in [5.41, 5.74) is 0.695. The van der Waals surface area contributed by atoms with Gasteiger partial charge in [-0.1, -0.05) is 13.2 Å². The highest BCUT2D eigenvalue weighted by Crippen LogP contribution is 2.18. The fraction of sp³-hybridized carbons (Fsp3) is 0.462. The second-order valence-electron chi connectivity index (χ2n) is 4.52. The second-order valence-corrected chi connectivity index (χ2v) is 6.72. The van der Waals surface area contributed by atoms with Crippen LogP contribution in [0.2, 0.25) is 0 Å². The average Bonchev–Trinajstić information content (AvgIpc) is 2.44. The number of sulfonamides is 1. The average molecular weight is 300 g/mol. The van der Waals surface area contributed by atoms with Gasteiger partial charge in [-0.3, -0.25) is 4.79 Å². The van der Waals surface area contributed by atoms with Crippen LogP contribution in [0.5, 0.6) is 0 Å². The van der Waals surface area contributed by atoms with Gasteiger partial charge < -0.3 is 9.64 Å². The molecule has 1 aliphatic rings. The van der Waals surface area contributed by atoms with Gasteiger partial charge in [0.2, 0.25) is 10.0 Å². The lowest BCUT2D eigenvalue weighted by Gasteiger charge is -2.30. The van der Waals surface area contributed by atoms with Crippen molar-refractivity contribution in [3.63, 3.8) is 0 Å². The Hall–Kier alpha value is -1.44. The van der Waals surface area contributed by atoms with Gasteiger partial charge in [0.1, 0.15) is 0 Å². The van der Waals surface area contributed by atoms with E-state index in [1.807, 2.05) is 4.90 Å². The first-order chi connectivity index (χ1) is 9.30. The van der Waals surface area contributed by atoms with Gasteiger partial charge in [0.15, 0.2) is 6.29 Å². The Labute approximate surface area is 120 Å². The summed E-state index contributed by atoms with van der Waals surface area (Å²) in [4.78, 5) is 12.9. The van der Waals surface area contributed by atoms with Gasteiger partial charge in [0.25, 0.3) is 0 Å². The van der Waals surface area contributed by atoms with E-state index in [9.17, 15) is 13.2 Å². The van der Waals surface area contributed by atoms with E-state index in [-0.39, 0.29) is 10.5 Å². The lowest BCUT2D eigenvalue weighted by atomic mass is 10.2. The summed E-state index contributed by atoms with van der Waals surface area (Å²) in [5, 5.41) is 0. The van der Waals surface area contributed by atoms with Crippen LogP contribution in [0.1, 0.15) is 0 Å². The molecular weight excluding hydrogens is 280 g/mol. The van der Waals surface area contributed by atoms with Crippen molar-refractivity contribution in [1.29, 1.82) is 0 Å². The molecule has 0 aliphatic carbocycles.